The summed E-state index contributed by atoms with van der Waals surface area (Å²) in [5.74, 6) is 0.981. The quantitative estimate of drug-likeness (QED) is 0.210. The molecule has 12 nitrogen and oxygen atoms in total. The van der Waals surface area contributed by atoms with E-state index in [0.717, 1.165) is 98.5 Å². The summed E-state index contributed by atoms with van der Waals surface area (Å²) in [6.07, 6.45) is 5.86. The van der Waals surface area contributed by atoms with E-state index in [0.29, 0.717) is 36.6 Å². The van der Waals surface area contributed by atoms with Crippen LogP contribution in [0.4, 0.5) is 23.0 Å². The zero-order valence-corrected chi connectivity index (χ0v) is 27.3. The molecule has 5 heterocycles. The highest BCUT2D eigenvalue weighted by Crippen LogP contribution is 2.37. The van der Waals surface area contributed by atoms with E-state index < -0.39 is 5.91 Å². The molecule has 7 rings (SSSR count). The molecular weight excluding hydrogens is 594 g/mol. The van der Waals surface area contributed by atoms with Gasteiger partial charge in [-0.25, -0.2) is 9.97 Å². The van der Waals surface area contributed by atoms with Crippen LogP contribution in [-0.4, -0.2) is 109 Å². The number of amides is 1. The van der Waals surface area contributed by atoms with Gasteiger partial charge >= 0.3 is 0 Å². The molecule has 4 aromatic rings. The van der Waals surface area contributed by atoms with E-state index >= 15 is 0 Å². The normalized spacial score (nSPS) is 18.8. The molecule has 0 saturated carbocycles. The van der Waals surface area contributed by atoms with Crippen LogP contribution < -0.4 is 26.0 Å². The molecule has 5 N–H and O–H groups in total. The number of carbonyl (C=O) groups is 1. The van der Waals surface area contributed by atoms with Crippen LogP contribution in [-0.2, 0) is 4.74 Å². The summed E-state index contributed by atoms with van der Waals surface area (Å²) in [5.41, 5.74) is 10.2. The Balaban J connectivity index is 1.16. The highest BCUT2D eigenvalue weighted by molar-refractivity contribution is 6.01. The standard InChI is InChI=1S/C35H45N9O3/c1-42-16-18-43(19-17-42)25-9-14-44(15-10-25)29-7-6-24(22-30(29)46-2)39-35-32(33(36)45)40-31(27-4-3-5-28-26(27)8-13-37-28)34(41-35)38-23-11-20-47-21-12-23/h3-8,13,22-23,25,37H,9-12,14-21H2,1-2H3,(H2,36,45)(H2,38,39,41). The Morgan fingerprint density at radius 1 is 0.979 bits per heavy atom. The maximum atomic E-state index is 12.9. The molecule has 0 bridgehead atoms. The van der Waals surface area contributed by atoms with Gasteiger partial charge in [0.1, 0.15) is 11.4 Å². The lowest BCUT2D eigenvalue weighted by molar-refractivity contribution is 0.0904. The first kappa shape index (κ1) is 31.2. The van der Waals surface area contributed by atoms with Crippen LogP contribution >= 0.6 is 0 Å². The van der Waals surface area contributed by atoms with Crippen molar-refractivity contribution < 1.29 is 14.3 Å². The number of fused-ring (bicyclic) bond motifs is 1. The molecule has 2 aromatic heterocycles. The van der Waals surface area contributed by atoms with Crippen LogP contribution in [0.25, 0.3) is 22.2 Å². The summed E-state index contributed by atoms with van der Waals surface area (Å²) >= 11 is 0. The largest absolute Gasteiger partial charge is 0.495 e. The monoisotopic (exact) mass is 639 g/mol. The molecule has 2 aromatic carbocycles. The number of ether oxygens (including phenoxy) is 2. The van der Waals surface area contributed by atoms with Crippen LogP contribution in [0.15, 0.2) is 48.7 Å². The van der Waals surface area contributed by atoms with Gasteiger partial charge in [-0.05, 0) is 57.0 Å². The molecule has 3 aliphatic heterocycles. The topological polar surface area (TPSA) is 137 Å². The number of primary amides is 1. The third-order valence-corrected chi connectivity index (χ3v) is 9.84. The van der Waals surface area contributed by atoms with Crippen molar-refractivity contribution in [2.75, 3.05) is 82.2 Å². The molecule has 0 unspecified atom stereocenters. The molecule has 0 atom stereocenters. The number of anilines is 4. The minimum atomic E-state index is -0.660. The number of nitrogens with one attached hydrogen (secondary N) is 3. The van der Waals surface area contributed by atoms with Gasteiger partial charge in [0.05, 0.1) is 12.8 Å². The third kappa shape index (κ3) is 6.71. The molecule has 47 heavy (non-hydrogen) atoms. The summed E-state index contributed by atoms with van der Waals surface area (Å²) in [7, 11) is 3.90. The SMILES string of the molecule is COc1cc(Nc2nc(NC3CCOCC3)c(-c3cccc4[nH]ccc34)nc2C(N)=O)ccc1N1CCC(N2CCN(C)CC2)CC1. The number of aromatic nitrogens is 3. The maximum absolute atomic E-state index is 12.9. The van der Waals surface area contributed by atoms with E-state index in [2.05, 4.69) is 43.4 Å². The van der Waals surface area contributed by atoms with Gasteiger partial charge in [0, 0.05) is 99.0 Å². The molecule has 3 aliphatic rings. The Bertz CT molecular complexity index is 1700. The van der Waals surface area contributed by atoms with Crippen LogP contribution in [0.2, 0.25) is 0 Å². The van der Waals surface area contributed by atoms with Crippen molar-refractivity contribution >= 4 is 39.8 Å². The number of likely N-dealkylation sites (N-methyl/N-ethyl adjacent to an activating group) is 1. The summed E-state index contributed by atoms with van der Waals surface area (Å²) in [5, 5.41) is 7.94. The van der Waals surface area contributed by atoms with E-state index in [9.17, 15) is 4.79 Å². The first-order chi connectivity index (χ1) is 23.0. The number of aromatic amines is 1. The number of piperidine rings is 1. The Labute approximate surface area is 275 Å². The van der Waals surface area contributed by atoms with Crippen LogP contribution in [0.1, 0.15) is 36.2 Å². The second kappa shape index (κ2) is 13.8. The van der Waals surface area contributed by atoms with E-state index in [1.807, 2.05) is 42.6 Å². The second-order valence-electron chi connectivity index (χ2n) is 12.8. The lowest BCUT2D eigenvalue weighted by atomic mass is 10.0. The number of nitrogens with zero attached hydrogens (tertiary/aromatic N) is 5. The number of H-pyrrole nitrogens is 1. The fourth-order valence-corrected chi connectivity index (χ4v) is 7.12. The number of methoxy groups -OCH3 is 1. The van der Waals surface area contributed by atoms with Crippen LogP contribution in [0.3, 0.4) is 0 Å². The minimum Gasteiger partial charge on any atom is -0.495 e. The van der Waals surface area contributed by atoms with Crippen molar-refractivity contribution in [3.8, 4) is 17.0 Å². The number of carbonyl (C=O) groups excluding carboxylic acids is 1. The average molecular weight is 640 g/mol. The first-order valence-electron chi connectivity index (χ1n) is 16.7. The Hall–Kier alpha value is -4.39. The summed E-state index contributed by atoms with van der Waals surface area (Å²) in [6.45, 7) is 7.90. The smallest absolute Gasteiger partial charge is 0.271 e. The molecule has 1 amide bonds. The highest BCUT2D eigenvalue weighted by Gasteiger charge is 2.28. The molecular formula is C35H45N9O3. The number of piperazine rings is 1. The van der Waals surface area contributed by atoms with Crippen LogP contribution in [0.5, 0.6) is 5.75 Å². The van der Waals surface area contributed by atoms with Gasteiger partial charge in [-0.15, -0.1) is 0 Å². The number of hydrogen-bond acceptors (Lipinski definition) is 10. The Morgan fingerprint density at radius 3 is 2.51 bits per heavy atom. The summed E-state index contributed by atoms with van der Waals surface area (Å²) in [4.78, 5) is 33.4. The average Bonchev–Trinajstić information content (AvgIpc) is 3.59. The van der Waals surface area contributed by atoms with Crippen molar-refractivity contribution in [3.05, 3.63) is 54.4 Å². The van der Waals surface area contributed by atoms with E-state index in [1.165, 1.54) is 0 Å². The van der Waals surface area contributed by atoms with Gasteiger partial charge in [-0.2, -0.15) is 0 Å². The predicted octanol–water partition coefficient (Wildman–Crippen LogP) is 4.28. The lowest BCUT2D eigenvalue weighted by Gasteiger charge is -2.42. The Kier molecular flexibility index (Phi) is 9.14. The zero-order valence-electron chi connectivity index (χ0n) is 27.3. The molecule has 3 saturated heterocycles. The fraction of sp³-hybridized carbons (Fsp3) is 0.457. The zero-order chi connectivity index (χ0) is 32.3. The maximum Gasteiger partial charge on any atom is 0.271 e. The van der Waals surface area contributed by atoms with Crippen molar-refractivity contribution in [2.45, 2.75) is 37.8 Å². The van der Waals surface area contributed by atoms with Gasteiger partial charge in [-0.1, -0.05) is 12.1 Å². The summed E-state index contributed by atoms with van der Waals surface area (Å²) < 4.78 is 11.5. The predicted molar refractivity (Wildman–Crippen MR) is 186 cm³/mol. The van der Waals surface area contributed by atoms with Crippen LogP contribution in [0, 0.1) is 0 Å². The number of benzene rings is 2. The molecule has 12 heteroatoms. The van der Waals surface area contributed by atoms with Crippen molar-refractivity contribution in [1.29, 1.82) is 0 Å². The highest BCUT2D eigenvalue weighted by atomic mass is 16.5. The van der Waals surface area contributed by atoms with Crippen molar-refractivity contribution in [2.24, 2.45) is 5.73 Å². The third-order valence-electron chi connectivity index (χ3n) is 9.84. The molecule has 3 fully saturated rings. The number of rotatable bonds is 9. The number of hydrogen-bond donors (Lipinski definition) is 4. The minimum absolute atomic E-state index is 0.0686. The molecule has 0 aliphatic carbocycles. The second-order valence-corrected chi connectivity index (χ2v) is 12.8. The number of nitrogens with two attached hydrogens (primary N) is 1. The molecule has 0 radical (unpaired) electrons. The van der Waals surface area contributed by atoms with Gasteiger partial charge in [-0.3, -0.25) is 9.69 Å². The van der Waals surface area contributed by atoms with E-state index in [1.54, 1.807) is 7.11 Å². The first-order valence-corrected chi connectivity index (χ1v) is 16.7. The van der Waals surface area contributed by atoms with Crippen molar-refractivity contribution in [1.82, 2.24) is 24.8 Å². The van der Waals surface area contributed by atoms with Gasteiger partial charge < -0.3 is 40.6 Å². The van der Waals surface area contributed by atoms with E-state index in [-0.39, 0.29) is 11.7 Å². The molecule has 0 spiro atoms. The van der Waals surface area contributed by atoms with Gasteiger partial charge in [0.15, 0.2) is 17.3 Å². The fourth-order valence-electron chi connectivity index (χ4n) is 7.12. The van der Waals surface area contributed by atoms with Crippen molar-refractivity contribution in [3.63, 3.8) is 0 Å². The Morgan fingerprint density at radius 2 is 1.77 bits per heavy atom. The molecule has 248 valence electrons. The lowest BCUT2D eigenvalue weighted by Crippen LogP contribution is -2.52. The van der Waals surface area contributed by atoms with Gasteiger partial charge in [0.2, 0.25) is 0 Å². The summed E-state index contributed by atoms with van der Waals surface area (Å²) in [6, 6.07) is 14.8. The van der Waals surface area contributed by atoms with Gasteiger partial charge in [0.25, 0.3) is 5.91 Å². The van der Waals surface area contributed by atoms with E-state index in [4.69, 9.17) is 25.2 Å².